The van der Waals surface area contributed by atoms with Crippen LogP contribution in [0.5, 0.6) is 0 Å². The van der Waals surface area contributed by atoms with Crippen LogP contribution in [0.4, 0.5) is 0 Å². The molecular weight excluding hydrogens is 178 g/mol. The molecule has 1 aliphatic heterocycles. The van der Waals surface area contributed by atoms with Crippen molar-refractivity contribution in [2.24, 2.45) is 0 Å². The summed E-state index contributed by atoms with van der Waals surface area (Å²) in [6.45, 7) is 2.09. The van der Waals surface area contributed by atoms with E-state index >= 15 is 0 Å². The number of likely N-dealkylation sites (tertiary alicyclic amines) is 1. The van der Waals surface area contributed by atoms with E-state index in [1.807, 2.05) is 6.07 Å². The van der Waals surface area contributed by atoms with Gasteiger partial charge < -0.3 is 10.2 Å². The Morgan fingerprint density at radius 2 is 2.21 bits per heavy atom. The molecular formula is C10H17N3O. The third-order valence-corrected chi connectivity index (χ3v) is 2.55. The highest BCUT2D eigenvalue weighted by atomic mass is 16.1. The molecule has 78 valence electrons. The fraction of sp³-hybridized carbons (Fsp3) is 0.800. The minimum absolute atomic E-state index is 0.0149. The predicted molar refractivity (Wildman–Crippen MR) is 53.5 cm³/mol. The lowest BCUT2D eigenvalue weighted by molar-refractivity contribution is -0.122. The monoisotopic (exact) mass is 195 g/mol. The number of carbonyl (C=O) groups is 1. The van der Waals surface area contributed by atoms with Crippen LogP contribution in [-0.2, 0) is 4.79 Å². The molecule has 0 unspecified atom stereocenters. The van der Waals surface area contributed by atoms with Gasteiger partial charge in [0.05, 0.1) is 6.07 Å². The van der Waals surface area contributed by atoms with Gasteiger partial charge in [-0.1, -0.05) is 0 Å². The zero-order valence-corrected chi connectivity index (χ0v) is 8.62. The second-order valence-corrected chi connectivity index (χ2v) is 3.80. The first-order valence-electron chi connectivity index (χ1n) is 5.07. The molecule has 1 N–H and O–H groups in total. The topological polar surface area (TPSA) is 56.1 Å². The largest absolute Gasteiger partial charge is 0.353 e. The van der Waals surface area contributed by atoms with E-state index in [-0.39, 0.29) is 5.91 Å². The lowest BCUT2D eigenvalue weighted by atomic mass is 10.1. The summed E-state index contributed by atoms with van der Waals surface area (Å²) >= 11 is 0. The van der Waals surface area contributed by atoms with Crippen molar-refractivity contribution in [1.82, 2.24) is 10.2 Å². The second-order valence-electron chi connectivity index (χ2n) is 3.80. The summed E-state index contributed by atoms with van der Waals surface area (Å²) in [6.07, 6.45) is 2.70. The Labute approximate surface area is 84.9 Å². The molecule has 0 atom stereocenters. The molecule has 1 saturated heterocycles. The number of carbonyl (C=O) groups excluding carboxylic acids is 1. The molecule has 4 heteroatoms. The molecule has 0 aromatic rings. The van der Waals surface area contributed by atoms with Crippen molar-refractivity contribution >= 4 is 5.91 Å². The number of nitriles is 1. The fourth-order valence-electron chi connectivity index (χ4n) is 1.62. The van der Waals surface area contributed by atoms with Crippen LogP contribution in [0.15, 0.2) is 0 Å². The zero-order valence-electron chi connectivity index (χ0n) is 8.62. The number of hydrogen-bond donors (Lipinski definition) is 1. The van der Waals surface area contributed by atoms with Crippen molar-refractivity contribution in [2.75, 3.05) is 20.1 Å². The second kappa shape index (κ2) is 5.61. The van der Waals surface area contributed by atoms with Gasteiger partial charge in [-0.15, -0.1) is 0 Å². The number of piperidine rings is 1. The van der Waals surface area contributed by atoms with Gasteiger partial charge in [-0.2, -0.15) is 5.26 Å². The summed E-state index contributed by atoms with van der Waals surface area (Å²) in [6, 6.07) is 2.29. The van der Waals surface area contributed by atoms with Gasteiger partial charge in [0.2, 0.25) is 5.91 Å². The number of rotatable bonds is 3. The van der Waals surface area contributed by atoms with Crippen molar-refractivity contribution in [3.8, 4) is 6.07 Å². The minimum Gasteiger partial charge on any atom is -0.353 e. The van der Waals surface area contributed by atoms with Crippen molar-refractivity contribution < 1.29 is 4.79 Å². The van der Waals surface area contributed by atoms with Crippen LogP contribution in [0.1, 0.15) is 25.7 Å². The van der Waals surface area contributed by atoms with Crippen LogP contribution in [0, 0.1) is 11.3 Å². The van der Waals surface area contributed by atoms with E-state index in [1.54, 1.807) is 0 Å². The fourth-order valence-corrected chi connectivity index (χ4v) is 1.62. The van der Waals surface area contributed by atoms with Gasteiger partial charge in [-0.3, -0.25) is 4.79 Å². The quantitative estimate of drug-likeness (QED) is 0.713. The van der Waals surface area contributed by atoms with E-state index in [9.17, 15) is 4.79 Å². The molecule has 0 aromatic heterocycles. The molecule has 14 heavy (non-hydrogen) atoms. The normalized spacial score (nSPS) is 18.9. The molecule has 0 aromatic carbocycles. The lowest BCUT2D eigenvalue weighted by Gasteiger charge is -2.29. The molecule has 0 radical (unpaired) electrons. The third-order valence-electron chi connectivity index (χ3n) is 2.55. The first kappa shape index (κ1) is 11.0. The maximum Gasteiger partial charge on any atom is 0.221 e. The van der Waals surface area contributed by atoms with Gasteiger partial charge in [-0.05, 0) is 33.0 Å². The minimum atomic E-state index is 0.0149. The first-order chi connectivity index (χ1) is 6.72. The van der Waals surface area contributed by atoms with Crippen LogP contribution in [0.25, 0.3) is 0 Å². The van der Waals surface area contributed by atoms with Crippen molar-refractivity contribution in [3.05, 3.63) is 0 Å². The summed E-state index contributed by atoms with van der Waals surface area (Å²) < 4.78 is 0. The van der Waals surface area contributed by atoms with Crippen LogP contribution in [0.3, 0.4) is 0 Å². The van der Waals surface area contributed by atoms with E-state index in [2.05, 4.69) is 17.3 Å². The van der Waals surface area contributed by atoms with Gasteiger partial charge in [0.15, 0.2) is 0 Å². The van der Waals surface area contributed by atoms with Crippen molar-refractivity contribution in [2.45, 2.75) is 31.7 Å². The maximum absolute atomic E-state index is 11.3. The first-order valence-corrected chi connectivity index (χ1v) is 5.07. The van der Waals surface area contributed by atoms with E-state index in [0.717, 1.165) is 25.9 Å². The Hall–Kier alpha value is -1.08. The molecule has 1 rings (SSSR count). The molecule has 1 heterocycles. The SMILES string of the molecule is CN1CCC(NC(=O)CCC#N)CC1. The number of hydrogen-bond acceptors (Lipinski definition) is 3. The van der Waals surface area contributed by atoms with Crippen molar-refractivity contribution in [3.63, 3.8) is 0 Å². The smallest absolute Gasteiger partial charge is 0.221 e. The lowest BCUT2D eigenvalue weighted by Crippen LogP contribution is -2.43. The Morgan fingerprint density at radius 1 is 1.57 bits per heavy atom. The molecule has 0 saturated carbocycles. The molecule has 1 aliphatic rings. The zero-order chi connectivity index (χ0) is 10.4. The van der Waals surface area contributed by atoms with Gasteiger partial charge >= 0.3 is 0 Å². The van der Waals surface area contributed by atoms with Gasteiger partial charge in [0, 0.05) is 18.9 Å². The maximum atomic E-state index is 11.3. The molecule has 4 nitrogen and oxygen atoms in total. The van der Waals surface area contributed by atoms with Gasteiger partial charge in [0.1, 0.15) is 0 Å². The van der Waals surface area contributed by atoms with E-state index in [0.29, 0.717) is 18.9 Å². The highest BCUT2D eigenvalue weighted by molar-refractivity contribution is 5.76. The summed E-state index contributed by atoms with van der Waals surface area (Å²) in [5, 5.41) is 11.3. The molecule has 0 spiro atoms. The number of amides is 1. The highest BCUT2D eigenvalue weighted by Gasteiger charge is 2.17. The van der Waals surface area contributed by atoms with E-state index in [1.165, 1.54) is 0 Å². The standard InChI is InChI=1S/C10H17N3O/c1-13-7-4-9(5-8-13)12-10(14)3-2-6-11/h9H,2-5,7-8H2,1H3,(H,12,14). The molecule has 0 bridgehead atoms. The van der Waals surface area contributed by atoms with Gasteiger partial charge in [0.25, 0.3) is 0 Å². The van der Waals surface area contributed by atoms with Crippen LogP contribution < -0.4 is 5.32 Å². The third kappa shape index (κ3) is 3.75. The average Bonchev–Trinajstić information content (AvgIpc) is 2.18. The Kier molecular flexibility index (Phi) is 4.41. The van der Waals surface area contributed by atoms with Gasteiger partial charge in [-0.25, -0.2) is 0 Å². The highest BCUT2D eigenvalue weighted by Crippen LogP contribution is 2.08. The Morgan fingerprint density at radius 3 is 2.79 bits per heavy atom. The number of nitrogens with one attached hydrogen (secondary N) is 1. The molecule has 0 aliphatic carbocycles. The van der Waals surface area contributed by atoms with Crippen LogP contribution in [0.2, 0.25) is 0 Å². The van der Waals surface area contributed by atoms with E-state index < -0.39 is 0 Å². The van der Waals surface area contributed by atoms with Crippen LogP contribution >= 0.6 is 0 Å². The predicted octanol–water partition coefficient (Wildman–Crippen LogP) is 0.501. The Balaban J connectivity index is 2.18. The van der Waals surface area contributed by atoms with Crippen molar-refractivity contribution in [1.29, 1.82) is 5.26 Å². The molecule has 1 amide bonds. The average molecular weight is 195 g/mol. The number of nitrogens with zero attached hydrogens (tertiary/aromatic N) is 2. The van der Waals surface area contributed by atoms with Crippen LogP contribution in [-0.4, -0.2) is 37.0 Å². The Bertz CT molecular complexity index is 226. The summed E-state index contributed by atoms with van der Waals surface area (Å²) in [7, 11) is 2.09. The summed E-state index contributed by atoms with van der Waals surface area (Å²) in [4.78, 5) is 13.5. The molecule has 1 fully saturated rings. The summed E-state index contributed by atoms with van der Waals surface area (Å²) in [5.41, 5.74) is 0. The van der Waals surface area contributed by atoms with E-state index in [4.69, 9.17) is 5.26 Å². The summed E-state index contributed by atoms with van der Waals surface area (Å²) in [5.74, 6) is 0.0149.